The van der Waals surface area contributed by atoms with Gasteiger partial charge >= 0.3 is 0 Å². The van der Waals surface area contributed by atoms with Crippen LogP contribution in [0.2, 0.25) is 0 Å². The van der Waals surface area contributed by atoms with E-state index in [9.17, 15) is 22.0 Å². The Morgan fingerprint density at radius 3 is 2.00 bits per heavy atom. The first kappa shape index (κ1) is 19.7. The molecule has 0 bridgehead atoms. The Morgan fingerprint density at radius 1 is 0.897 bits per heavy atom. The van der Waals surface area contributed by atoms with Gasteiger partial charge in [-0.1, -0.05) is 6.07 Å². The number of nitrogens with one attached hydrogen (secondary N) is 2. The van der Waals surface area contributed by atoms with Crippen molar-refractivity contribution in [1.29, 1.82) is 0 Å². The van der Waals surface area contributed by atoms with Gasteiger partial charge in [0, 0.05) is 37.8 Å². The van der Waals surface area contributed by atoms with Crippen molar-refractivity contribution in [1.82, 2.24) is 19.9 Å². The third-order valence-corrected chi connectivity index (χ3v) is 4.96. The summed E-state index contributed by atoms with van der Waals surface area (Å²) in [5, 5.41) is 5.80. The monoisotopic (exact) mass is 414 g/mol. The van der Waals surface area contributed by atoms with Gasteiger partial charge in [-0.15, -0.1) is 0 Å². The van der Waals surface area contributed by atoms with E-state index >= 15 is 0 Å². The molecule has 29 heavy (non-hydrogen) atoms. The number of anilines is 2. The first-order valence-electron chi connectivity index (χ1n) is 9.20. The Bertz CT molecular complexity index is 846. The zero-order valence-corrected chi connectivity index (χ0v) is 15.5. The second-order valence-electron chi connectivity index (χ2n) is 7.82. The molecule has 0 aromatic carbocycles. The van der Waals surface area contributed by atoms with Crippen molar-refractivity contribution in [2.24, 2.45) is 0 Å². The van der Waals surface area contributed by atoms with E-state index in [2.05, 4.69) is 30.6 Å². The zero-order chi connectivity index (χ0) is 20.8. The van der Waals surface area contributed by atoms with Gasteiger partial charge in [0.2, 0.25) is 11.9 Å². The molecule has 11 heteroatoms. The highest BCUT2D eigenvalue weighted by Crippen LogP contribution is 2.39. The van der Waals surface area contributed by atoms with E-state index in [0.29, 0.717) is 0 Å². The minimum atomic E-state index is -2.76. The maximum atomic E-state index is 13.7. The van der Waals surface area contributed by atoms with Crippen LogP contribution in [0, 0.1) is 0 Å². The lowest BCUT2D eigenvalue weighted by Gasteiger charge is -2.39. The van der Waals surface area contributed by atoms with Crippen molar-refractivity contribution in [3.05, 3.63) is 23.9 Å². The van der Waals surface area contributed by atoms with Crippen LogP contribution in [0.1, 0.15) is 44.7 Å². The lowest BCUT2D eigenvalue weighted by molar-refractivity contribution is -0.0794. The van der Waals surface area contributed by atoms with E-state index in [4.69, 9.17) is 0 Å². The molecule has 2 aromatic rings. The first-order valence-corrected chi connectivity index (χ1v) is 9.20. The van der Waals surface area contributed by atoms with Crippen LogP contribution in [-0.2, 0) is 0 Å². The van der Waals surface area contributed by atoms with Crippen LogP contribution < -0.4 is 10.6 Å². The molecule has 2 aliphatic rings. The molecule has 2 saturated carbocycles. The zero-order valence-electron chi connectivity index (χ0n) is 15.5. The van der Waals surface area contributed by atoms with Crippen LogP contribution in [0.4, 0.5) is 33.8 Å². The van der Waals surface area contributed by atoms with Gasteiger partial charge in [-0.2, -0.15) is 15.0 Å². The van der Waals surface area contributed by atoms with Crippen molar-refractivity contribution in [2.45, 2.75) is 62.7 Å². The number of hydrogen-bond donors (Lipinski definition) is 2. The molecule has 0 saturated heterocycles. The van der Waals surface area contributed by atoms with Gasteiger partial charge in [0.25, 0.3) is 12.3 Å². The summed E-state index contributed by atoms with van der Waals surface area (Å²) in [5.74, 6) is -2.57. The predicted octanol–water partition coefficient (Wildman–Crippen LogP) is 4.38. The maximum absolute atomic E-state index is 13.7. The second-order valence-corrected chi connectivity index (χ2v) is 7.82. The number of halogens is 5. The summed E-state index contributed by atoms with van der Waals surface area (Å²) in [6.07, 6.45) is -2.92. The molecule has 2 aliphatic carbocycles. The summed E-state index contributed by atoms with van der Waals surface area (Å²) < 4.78 is 65.9. The van der Waals surface area contributed by atoms with Gasteiger partial charge in [0.1, 0.15) is 17.1 Å². The van der Waals surface area contributed by atoms with Gasteiger partial charge in [0.05, 0.1) is 0 Å². The minimum Gasteiger partial charge on any atom is -0.351 e. The van der Waals surface area contributed by atoms with E-state index in [1.807, 2.05) is 0 Å². The summed E-state index contributed by atoms with van der Waals surface area (Å²) in [7, 11) is 0. The van der Waals surface area contributed by atoms with Crippen LogP contribution in [0.3, 0.4) is 0 Å². The highest BCUT2D eigenvalue weighted by atomic mass is 19.3. The standard InChI is InChI=1S/C18H19F5N6/c1-17(21)5-9(6-17)24-15-27-14(12-4-2-3-11(26-12)13(19)20)28-16(29-15)25-10-7-18(22,23)8-10/h2-4,9-10,13H,5-8H2,1H3,(H2,24,25,27,28,29). The average molecular weight is 414 g/mol. The van der Waals surface area contributed by atoms with Gasteiger partial charge in [-0.25, -0.2) is 26.9 Å². The van der Waals surface area contributed by atoms with Crippen molar-refractivity contribution in [3.63, 3.8) is 0 Å². The largest absolute Gasteiger partial charge is 0.351 e. The molecular formula is C18H19F5N6. The van der Waals surface area contributed by atoms with Crippen molar-refractivity contribution >= 4 is 11.9 Å². The number of alkyl halides is 5. The second kappa shape index (κ2) is 7.03. The van der Waals surface area contributed by atoms with E-state index in [1.165, 1.54) is 25.1 Å². The summed E-state index contributed by atoms with van der Waals surface area (Å²) >= 11 is 0. The number of rotatable bonds is 6. The quantitative estimate of drug-likeness (QED) is 0.684. The molecule has 0 unspecified atom stereocenters. The maximum Gasteiger partial charge on any atom is 0.280 e. The Hall–Kier alpha value is -2.59. The van der Waals surface area contributed by atoms with Gasteiger partial charge in [-0.3, -0.25) is 0 Å². The van der Waals surface area contributed by atoms with E-state index < -0.39 is 29.8 Å². The molecule has 156 valence electrons. The van der Waals surface area contributed by atoms with Crippen molar-refractivity contribution in [3.8, 4) is 11.5 Å². The van der Waals surface area contributed by atoms with Gasteiger partial charge in [0.15, 0.2) is 5.82 Å². The van der Waals surface area contributed by atoms with Crippen LogP contribution in [0.5, 0.6) is 0 Å². The van der Waals surface area contributed by atoms with E-state index in [0.717, 1.165) is 0 Å². The SMILES string of the molecule is CC1(F)CC(Nc2nc(NC3CC(F)(F)C3)nc(-c3cccc(C(F)F)n3)n2)C1. The highest BCUT2D eigenvalue weighted by Gasteiger charge is 2.46. The Balaban J connectivity index is 1.60. The molecule has 2 heterocycles. The lowest BCUT2D eigenvalue weighted by Crippen LogP contribution is -2.46. The number of hydrogen-bond acceptors (Lipinski definition) is 6. The normalized spacial score (nSPS) is 26.0. The van der Waals surface area contributed by atoms with E-state index in [-0.39, 0.29) is 55.1 Å². The third-order valence-electron chi connectivity index (χ3n) is 4.96. The lowest BCUT2D eigenvalue weighted by atomic mass is 9.79. The first-order chi connectivity index (χ1) is 13.6. The summed E-state index contributed by atoms with van der Waals surface area (Å²) in [5.41, 5.74) is -1.60. The molecule has 2 aromatic heterocycles. The van der Waals surface area contributed by atoms with Crippen LogP contribution in [0.15, 0.2) is 18.2 Å². The van der Waals surface area contributed by atoms with Gasteiger partial charge < -0.3 is 10.6 Å². The van der Waals surface area contributed by atoms with Crippen LogP contribution >= 0.6 is 0 Å². The number of pyridine rings is 1. The molecule has 0 spiro atoms. The van der Waals surface area contributed by atoms with Crippen LogP contribution in [-0.4, -0.2) is 43.6 Å². The average Bonchev–Trinajstić information content (AvgIpc) is 2.58. The molecular weight excluding hydrogens is 395 g/mol. The molecule has 0 aliphatic heterocycles. The highest BCUT2D eigenvalue weighted by molar-refractivity contribution is 5.54. The fourth-order valence-electron chi connectivity index (χ4n) is 3.52. The molecule has 0 atom stereocenters. The molecule has 0 radical (unpaired) electrons. The summed E-state index contributed by atoms with van der Waals surface area (Å²) in [6, 6.07) is 3.35. The predicted molar refractivity (Wildman–Crippen MR) is 95.8 cm³/mol. The topological polar surface area (TPSA) is 75.6 Å². The van der Waals surface area contributed by atoms with Crippen LogP contribution in [0.25, 0.3) is 11.5 Å². The Labute approximate surface area is 163 Å². The third kappa shape index (κ3) is 4.54. The molecule has 2 N–H and O–H groups in total. The Kier molecular flexibility index (Phi) is 4.78. The molecule has 2 fully saturated rings. The number of nitrogens with zero attached hydrogens (tertiary/aromatic N) is 4. The molecule has 6 nitrogen and oxygen atoms in total. The molecule has 4 rings (SSSR count). The fourth-order valence-corrected chi connectivity index (χ4v) is 3.52. The summed E-state index contributed by atoms with van der Waals surface area (Å²) in [6.45, 7) is 1.49. The fraction of sp³-hybridized carbons (Fsp3) is 0.556. The summed E-state index contributed by atoms with van der Waals surface area (Å²) in [4.78, 5) is 16.4. The number of aromatic nitrogens is 4. The Morgan fingerprint density at radius 2 is 1.48 bits per heavy atom. The minimum absolute atomic E-state index is 0.0147. The van der Waals surface area contributed by atoms with Gasteiger partial charge in [-0.05, 0) is 19.1 Å². The van der Waals surface area contributed by atoms with E-state index in [1.54, 1.807) is 0 Å². The van der Waals surface area contributed by atoms with Crippen molar-refractivity contribution < 1.29 is 22.0 Å². The smallest absolute Gasteiger partial charge is 0.280 e. The van der Waals surface area contributed by atoms with Crippen molar-refractivity contribution in [2.75, 3.05) is 10.6 Å². The molecule has 0 amide bonds.